The summed E-state index contributed by atoms with van der Waals surface area (Å²) in [4.78, 5) is 14.3. The summed E-state index contributed by atoms with van der Waals surface area (Å²) in [6.45, 7) is 10.4. The molecule has 27 heavy (non-hydrogen) atoms. The van der Waals surface area contributed by atoms with Crippen LogP contribution >= 0.6 is 11.6 Å². The highest BCUT2D eigenvalue weighted by molar-refractivity contribution is 6.20. The minimum absolute atomic E-state index is 0.123. The van der Waals surface area contributed by atoms with Crippen LogP contribution in [0.1, 0.15) is 69.4 Å². The average Bonchev–Trinajstić information content (AvgIpc) is 2.67. The van der Waals surface area contributed by atoms with Crippen LogP contribution in [0.5, 0.6) is 5.88 Å². The van der Waals surface area contributed by atoms with Crippen molar-refractivity contribution < 1.29 is 4.74 Å². The molecule has 0 spiro atoms. The summed E-state index contributed by atoms with van der Waals surface area (Å²) in [5.74, 6) is 1.22. The number of ether oxygens (including phenoxy) is 1. The van der Waals surface area contributed by atoms with Crippen molar-refractivity contribution in [3.63, 3.8) is 0 Å². The Morgan fingerprint density at radius 3 is 2.44 bits per heavy atom. The van der Waals surface area contributed by atoms with Crippen molar-refractivity contribution in [1.29, 1.82) is 0 Å². The second-order valence-electron chi connectivity index (χ2n) is 6.75. The summed E-state index contributed by atoms with van der Waals surface area (Å²) in [5, 5.41) is 3.37. The van der Waals surface area contributed by atoms with E-state index in [0.717, 1.165) is 54.0 Å². The molecule has 0 bridgehead atoms. The number of methoxy groups -OCH3 is 1. The molecule has 0 saturated heterocycles. The average molecular weight is 391 g/mol. The molecule has 0 amide bonds. The summed E-state index contributed by atoms with van der Waals surface area (Å²) in [6.07, 6.45) is 4.03. The van der Waals surface area contributed by atoms with E-state index in [2.05, 4.69) is 26.1 Å². The summed E-state index contributed by atoms with van der Waals surface area (Å²) < 4.78 is 5.54. The van der Waals surface area contributed by atoms with E-state index >= 15 is 0 Å². The van der Waals surface area contributed by atoms with E-state index in [-0.39, 0.29) is 5.38 Å². The third-order valence-corrected chi connectivity index (χ3v) is 4.92. The molecule has 2 rings (SSSR count). The van der Waals surface area contributed by atoms with E-state index < -0.39 is 0 Å². The molecule has 148 valence electrons. The molecule has 1 N–H and O–H groups in total. The molecular weight excluding hydrogens is 360 g/mol. The molecule has 2 aromatic rings. The zero-order valence-electron chi connectivity index (χ0n) is 17.3. The molecule has 0 aliphatic rings. The normalized spacial score (nSPS) is 13.3. The first-order valence-electron chi connectivity index (χ1n) is 9.78. The van der Waals surface area contributed by atoms with Crippen LogP contribution in [-0.4, -0.2) is 28.1 Å². The summed E-state index contributed by atoms with van der Waals surface area (Å²) >= 11 is 6.20. The molecule has 0 radical (unpaired) electrons. The number of pyridine rings is 1. The molecule has 0 saturated carbocycles. The SMILES string of the molecule is CCCC(CC)Nc1nc(C)c(-c2ccc(C(C)Cl)nc2CC)nc1OC. The molecular formula is C21H31ClN4O. The van der Waals surface area contributed by atoms with Gasteiger partial charge in [0.15, 0.2) is 5.82 Å². The van der Waals surface area contributed by atoms with Crippen molar-refractivity contribution in [2.45, 2.75) is 71.7 Å². The van der Waals surface area contributed by atoms with Crippen molar-refractivity contribution >= 4 is 17.4 Å². The molecule has 2 aromatic heterocycles. The predicted octanol–water partition coefficient (Wildman–Crippen LogP) is 5.71. The van der Waals surface area contributed by atoms with Crippen LogP contribution in [0.15, 0.2) is 12.1 Å². The van der Waals surface area contributed by atoms with Crippen LogP contribution < -0.4 is 10.1 Å². The van der Waals surface area contributed by atoms with Crippen molar-refractivity contribution in [3.8, 4) is 17.1 Å². The highest BCUT2D eigenvalue weighted by Gasteiger charge is 2.18. The topological polar surface area (TPSA) is 59.9 Å². The Hall–Kier alpha value is -1.88. The maximum Gasteiger partial charge on any atom is 0.257 e. The maximum absolute atomic E-state index is 6.20. The van der Waals surface area contributed by atoms with Crippen LogP contribution in [0.2, 0.25) is 0 Å². The standard InChI is InChI=1S/C21H31ClN4O/c1-7-10-15(8-2)24-20-21(27-6)26-19(14(5)23-20)16-11-12-18(13(4)22)25-17(16)9-3/h11-13,15H,7-10H2,1-6H3,(H,23,24). The second kappa shape index (κ2) is 9.88. The zero-order chi connectivity index (χ0) is 20.0. The van der Waals surface area contributed by atoms with Gasteiger partial charge in [0.05, 0.1) is 29.6 Å². The van der Waals surface area contributed by atoms with Crippen molar-refractivity contribution in [1.82, 2.24) is 15.0 Å². The predicted molar refractivity (Wildman–Crippen MR) is 113 cm³/mol. The molecule has 0 fully saturated rings. The Morgan fingerprint density at radius 1 is 1.15 bits per heavy atom. The first-order valence-corrected chi connectivity index (χ1v) is 10.2. The Bertz CT molecular complexity index is 764. The lowest BCUT2D eigenvalue weighted by atomic mass is 10.0. The largest absolute Gasteiger partial charge is 0.478 e. The number of hydrogen-bond acceptors (Lipinski definition) is 5. The number of nitrogens with zero attached hydrogens (tertiary/aromatic N) is 3. The fourth-order valence-corrected chi connectivity index (χ4v) is 3.26. The quantitative estimate of drug-likeness (QED) is 0.555. The van der Waals surface area contributed by atoms with Gasteiger partial charge in [-0.2, -0.15) is 0 Å². The lowest BCUT2D eigenvalue weighted by molar-refractivity contribution is 0.397. The highest BCUT2D eigenvalue weighted by Crippen LogP contribution is 2.31. The molecule has 6 heteroatoms. The fourth-order valence-electron chi connectivity index (χ4n) is 3.14. The molecule has 2 atom stereocenters. The van der Waals surface area contributed by atoms with Crippen LogP contribution in [0.3, 0.4) is 0 Å². The summed E-state index contributed by atoms with van der Waals surface area (Å²) in [7, 11) is 1.63. The number of aromatic nitrogens is 3. The van der Waals surface area contributed by atoms with Gasteiger partial charge in [-0.1, -0.05) is 27.2 Å². The van der Waals surface area contributed by atoms with Crippen LogP contribution in [0.4, 0.5) is 5.82 Å². The van der Waals surface area contributed by atoms with Crippen molar-refractivity contribution in [2.75, 3.05) is 12.4 Å². The third kappa shape index (κ3) is 5.10. The van der Waals surface area contributed by atoms with E-state index in [1.54, 1.807) is 7.11 Å². The van der Waals surface area contributed by atoms with Gasteiger partial charge in [0.2, 0.25) is 0 Å². The monoisotopic (exact) mass is 390 g/mol. The van der Waals surface area contributed by atoms with Gasteiger partial charge in [0.25, 0.3) is 5.88 Å². The minimum atomic E-state index is -0.123. The number of aryl methyl sites for hydroxylation is 2. The van der Waals surface area contributed by atoms with Gasteiger partial charge >= 0.3 is 0 Å². The fraction of sp³-hybridized carbons (Fsp3) is 0.571. The minimum Gasteiger partial charge on any atom is -0.478 e. The Labute approximate surface area is 167 Å². The second-order valence-corrected chi connectivity index (χ2v) is 7.41. The van der Waals surface area contributed by atoms with Crippen LogP contribution in [0, 0.1) is 6.92 Å². The van der Waals surface area contributed by atoms with Gasteiger partial charge in [-0.05, 0) is 45.2 Å². The van der Waals surface area contributed by atoms with E-state index in [4.69, 9.17) is 31.3 Å². The third-order valence-electron chi connectivity index (χ3n) is 4.70. The molecule has 2 unspecified atom stereocenters. The molecule has 5 nitrogen and oxygen atoms in total. The number of halogens is 1. The number of rotatable bonds is 9. The van der Waals surface area contributed by atoms with Crippen molar-refractivity contribution in [2.24, 2.45) is 0 Å². The van der Waals surface area contributed by atoms with E-state index in [9.17, 15) is 0 Å². The van der Waals surface area contributed by atoms with E-state index in [1.807, 2.05) is 26.0 Å². The first kappa shape index (κ1) is 21.4. The van der Waals surface area contributed by atoms with Gasteiger partial charge in [-0.25, -0.2) is 9.97 Å². The smallest absolute Gasteiger partial charge is 0.257 e. The number of anilines is 1. The number of alkyl halides is 1. The van der Waals surface area contributed by atoms with Gasteiger partial charge in [-0.3, -0.25) is 4.98 Å². The van der Waals surface area contributed by atoms with Crippen LogP contribution in [-0.2, 0) is 6.42 Å². The summed E-state index contributed by atoms with van der Waals surface area (Å²) in [6, 6.07) is 4.36. The highest BCUT2D eigenvalue weighted by atomic mass is 35.5. The molecule has 0 aliphatic heterocycles. The summed E-state index contributed by atoms with van der Waals surface area (Å²) in [5.41, 5.74) is 4.48. The van der Waals surface area contributed by atoms with E-state index in [0.29, 0.717) is 17.7 Å². The van der Waals surface area contributed by atoms with Crippen LogP contribution in [0.25, 0.3) is 11.3 Å². The van der Waals surface area contributed by atoms with E-state index in [1.165, 1.54) is 0 Å². The molecule has 0 aliphatic carbocycles. The van der Waals surface area contributed by atoms with Gasteiger partial charge in [0.1, 0.15) is 0 Å². The van der Waals surface area contributed by atoms with Crippen molar-refractivity contribution in [3.05, 3.63) is 29.2 Å². The molecule has 0 aromatic carbocycles. The maximum atomic E-state index is 6.20. The van der Waals surface area contributed by atoms with Gasteiger partial charge in [-0.15, -0.1) is 11.6 Å². The first-order chi connectivity index (χ1) is 12.9. The van der Waals surface area contributed by atoms with Gasteiger partial charge < -0.3 is 10.1 Å². The Kier molecular flexibility index (Phi) is 7.84. The zero-order valence-corrected chi connectivity index (χ0v) is 18.0. The Balaban J connectivity index is 2.47. The Morgan fingerprint density at radius 2 is 1.89 bits per heavy atom. The lowest BCUT2D eigenvalue weighted by Crippen LogP contribution is -2.20. The number of nitrogens with one attached hydrogen (secondary N) is 1. The molecule has 2 heterocycles. The van der Waals surface area contributed by atoms with Gasteiger partial charge in [0, 0.05) is 17.3 Å². The lowest BCUT2D eigenvalue weighted by Gasteiger charge is -2.20. The number of hydrogen-bond donors (Lipinski definition) is 1.